The summed E-state index contributed by atoms with van der Waals surface area (Å²) in [7, 11) is 0. The molecule has 0 aliphatic rings. The van der Waals surface area contributed by atoms with Crippen LogP contribution in [0.25, 0.3) is 0 Å². The van der Waals surface area contributed by atoms with Crippen molar-refractivity contribution < 1.29 is 9.63 Å². The Hall–Kier alpha value is -1.26. The summed E-state index contributed by atoms with van der Waals surface area (Å²) >= 11 is 1.68. The fourth-order valence-electron chi connectivity index (χ4n) is 1.17. The van der Waals surface area contributed by atoms with Crippen LogP contribution in [0.2, 0.25) is 0 Å². The average Bonchev–Trinajstić information content (AvgIpc) is 2.76. The fourth-order valence-corrected chi connectivity index (χ4v) is 1.96. The maximum atomic E-state index is 8.81. The van der Waals surface area contributed by atoms with Crippen LogP contribution in [-0.2, 0) is 12.4 Å². The Kier molecular flexibility index (Phi) is 3.42. The maximum Gasteiger partial charge on any atom is 0.147 e. The van der Waals surface area contributed by atoms with Crippen LogP contribution < -0.4 is 0 Å². The first-order chi connectivity index (χ1) is 7.38. The first-order valence-electron chi connectivity index (χ1n) is 4.61. The lowest BCUT2D eigenvalue weighted by Crippen LogP contribution is -1.79. The number of rotatable bonds is 4. The van der Waals surface area contributed by atoms with Gasteiger partial charge in [-0.25, -0.2) is 0 Å². The van der Waals surface area contributed by atoms with Crippen LogP contribution in [0.5, 0.6) is 0 Å². The first-order valence-corrected chi connectivity index (χ1v) is 5.60. The van der Waals surface area contributed by atoms with E-state index in [-0.39, 0.29) is 6.61 Å². The van der Waals surface area contributed by atoms with E-state index in [9.17, 15) is 0 Å². The highest BCUT2D eigenvalue weighted by molar-refractivity contribution is 7.98. The summed E-state index contributed by atoms with van der Waals surface area (Å²) in [6.07, 6.45) is 0. The number of benzene rings is 1. The fraction of sp³-hybridized carbons (Fsp3) is 0.182. The van der Waals surface area contributed by atoms with Crippen molar-refractivity contribution in [2.45, 2.75) is 17.3 Å². The molecule has 0 bridgehead atoms. The molecule has 0 unspecified atom stereocenters. The van der Waals surface area contributed by atoms with Crippen LogP contribution in [0.4, 0.5) is 0 Å². The third-order valence-electron chi connectivity index (χ3n) is 1.89. The van der Waals surface area contributed by atoms with Gasteiger partial charge in [-0.05, 0) is 12.1 Å². The Morgan fingerprint density at radius 3 is 2.73 bits per heavy atom. The number of nitrogens with zero attached hydrogens (tertiary/aromatic N) is 1. The summed E-state index contributed by atoms with van der Waals surface area (Å²) in [5.74, 6) is 1.52. The molecule has 0 spiro atoms. The molecule has 0 saturated heterocycles. The Morgan fingerprint density at radius 1 is 1.27 bits per heavy atom. The van der Waals surface area contributed by atoms with Gasteiger partial charge in [-0.1, -0.05) is 23.4 Å². The van der Waals surface area contributed by atoms with Crippen molar-refractivity contribution in [2.24, 2.45) is 0 Å². The van der Waals surface area contributed by atoms with Crippen LogP contribution in [0.1, 0.15) is 11.5 Å². The molecule has 0 radical (unpaired) electrons. The molecule has 0 atom stereocenters. The van der Waals surface area contributed by atoms with Gasteiger partial charge in [0.25, 0.3) is 0 Å². The largest absolute Gasteiger partial charge is 0.390 e. The molecule has 1 aromatic heterocycles. The van der Waals surface area contributed by atoms with Crippen molar-refractivity contribution in [1.82, 2.24) is 5.16 Å². The van der Waals surface area contributed by atoms with Gasteiger partial charge < -0.3 is 9.63 Å². The maximum absolute atomic E-state index is 8.81. The van der Waals surface area contributed by atoms with Gasteiger partial charge in [0.05, 0.1) is 12.4 Å². The summed E-state index contributed by atoms with van der Waals surface area (Å²) in [6.45, 7) is -0.0699. The van der Waals surface area contributed by atoms with Crippen LogP contribution >= 0.6 is 11.8 Å². The van der Waals surface area contributed by atoms with E-state index in [2.05, 4.69) is 5.16 Å². The molecule has 0 amide bonds. The van der Waals surface area contributed by atoms with Gasteiger partial charge in [0.15, 0.2) is 0 Å². The Bertz CT molecular complexity index is 414. The topological polar surface area (TPSA) is 46.3 Å². The molecule has 1 heterocycles. The zero-order valence-corrected chi connectivity index (χ0v) is 8.91. The van der Waals surface area contributed by atoms with Crippen molar-refractivity contribution in [2.75, 3.05) is 0 Å². The molecule has 2 rings (SSSR count). The number of aromatic nitrogens is 1. The molecule has 78 valence electrons. The molecule has 15 heavy (non-hydrogen) atoms. The van der Waals surface area contributed by atoms with Crippen molar-refractivity contribution >= 4 is 11.8 Å². The molecule has 1 aromatic carbocycles. The minimum atomic E-state index is -0.0699. The predicted molar refractivity (Wildman–Crippen MR) is 58.4 cm³/mol. The van der Waals surface area contributed by atoms with Gasteiger partial charge in [0.1, 0.15) is 11.5 Å². The van der Waals surface area contributed by atoms with Crippen molar-refractivity contribution in [3.63, 3.8) is 0 Å². The van der Waals surface area contributed by atoms with Crippen LogP contribution in [0, 0.1) is 0 Å². The number of aliphatic hydroxyl groups excluding tert-OH is 1. The van der Waals surface area contributed by atoms with Gasteiger partial charge in [-0.15, -0.1) is 11.8 Å². The van der Waals surface area contributed by atoms with Gasteiger partial charge in [0, 0.05) is 11.0 Å². The lowest BCUT2D eigenvalue weighted by molar-refractivity contribution is 0.265. The van der Waals surface area contributed by atoms with Gasteiger partial charge in [0.2, 0.25) is 0 Å². The lowest BCUT2D eigenvalue weighted by Gasteiger charge is -1.96. The minimum Gasteiger partial charge on any atom is -0.390 e. The van der Waals surface area contributed by atoms with E-state index in [1.807, 2.05) is 30.3 Å². The monoisotopic (exact) mass is 221 g/mol. The zero-order chi connectivity index (χ0) is 10.5. The van der Waals surface area contributed by atoms with Gasteiger partial charge >= 0.3 is 0 Å². The quantitative estimate of drug-likeness (QED) is 0.805. The summed E-state index contributed by atoms with van der Waals surface area (Å²) in [4.78, 5) is 1.19. The second-order valence-corrected chi connectivity index (χ2v) is 4.09. The molecule has 0 aliphatic heterocycles. The average molecular weight is 221 g/mol. The normalized spacial score (nSPS) is 10.5. The zero-order valence-electron chi connectivity index (χ0n) is 8.09. The molecule has 1 N–H and O–H groups in total. The predicted octanol–water partition coefficient (Wildman–Crippen LogP) is 2.46. The third-order valence-corrected chi connectivity index (χ3v) is 2.93. The minimum absolute atomic E-state index is 0.0699. The van der Waals surface area contributed by atoms with E-state index in [0.717, 1.165) is 11.5 Å². The molecule has 3 nitrogen and oxygen atoms in total. The molecule has 2 aromatic rings. The van der Waals surface area contributed by atoms with E-state index in [0.29, 0.717) is 5.69 Å². The van der Waals surface area contributed by atoms with Gasteiger partial charge in [-0.2, -0.15) is 0 Å². The number of thioether (sulfide) groups is 1. The molecular formula is C11H11NO2S. The Balaban J connectivity index is 1.93. The van der Waals surface area contributed by atoms with Gasteiger partial charge in [-0.3, -0.25) is 0 Å². The van der Waals surface area contributed by atoms with Crippen molar-refractivity contribution in [1.29, 1.82) is 0 Å². The number of hydrogen-bond donors (Lipinski definition) is 1. The highest BCUT2D eigenvalue weighted by atomic mass is 32.2. The molecule has 0 fully saturated rings. The van der Waals surface area contributed by atoms with E-state index in [4.69, 9.17) is 9.63 Å². The molecule has 0 saturated carbocycles. The Labute approximate surface area is 92.1 Å². The highest BCUT2D eigenvalue weighted by Crippen LogP contribution is 2.22. The van der Waals surface area contributed by atoms with Crippen molar-refractivity contribution in [3.05, 3.63) is 47.9 Å². The number of hydrogen-bond acceptors (Lipinski definition) is 4. The van der Waals surface area contributed by atoms with Crippen molar-refractivity contribution in [3.8, 4) is 0 Å². The van der Waals surface area contributed by atoms with Crippen LogP contribution in [0.15, 0.2) is 45.8 Å². The second-order valence-electron chi connectivity index (χ2n) is 3.04. The van der Waals surface area contributed by atoms with E-state index >= 15 is 0 Å². The molecule has 4 heteroatoms. The Morgan fingerprint density at radius 2 is 2.07 bits per heavy atom. The summed E-state index contributed by atoms with van der Waals surface area (Å²) in [6, 6.07) is 11.9. The van der Waals surface area contributed by atoms with E-state index < -0.39 is 0 Å². The number of aliphatic hydroxyl groups is 1. The summed E-state index contributed by atoms with van der Waals surface area (Å²) in [5, 5.41) is 12.5. The molecular weight excluding hydrogens is 210 g/mol. The third kappa shape index (κ3) is 2.84. The second kappa shape index (κ2) is 5.00. The SMILES string of the molecule is OCc1cc(CSc2ccccc2)on1. The standard InChI is InChI=1S/C11H11NO2S/c13-7-9-6-10(14-12-9)8-15-11-4-2-1-3-5-11/h1-6,13H,7-8H2. The highest BCUT2D eigenvalue weighted by Gasteiger charge is 2.03. The lowest BCUT2D eigenvalue weighted by atomic mass is 10.4. The summed E-state index contributed by atoms with van der Waals surface area (Å²) < 4.78 is 5.05. The first kappa shape index (κ1) is 10.3. The van der Waals surface area contributed by atoms with Crippen LogP contribution in [0.3, 0.4) is 0 Å². The molecule has 0 aliphatic carbocycles. The van der Waals surface area contributed by atoms with E-state index in [1.54, 1.807) is 17.8 Å². The van der Waals surface area contributed by atoms with Crippen LogP contribution in [-0.4, -0.2) is 10.3 Å². The summed E-state index contributed by atoms with van der Waals surface area (Å²) in [5.41, 5.74) is 0.582. The smallest absolute Gasteiger partial charge is 0.147 e. The van der Waals surface area contributed by atoms with E-state index in [1.165, 1.54) is 4.90 Å².